The second kappa shape index (κ2) is 8.57. The molecule has 0 aliphatic heterocycles. The molecule has 0 aromatic heterocycles. The molecule has 1 N–H and O–H groups in total. The van der Waals surface area contributed by atoms with E-state index in [1.54, 1.807) is 25.7 Å². The zero-order valence-electron chi connectivity index (χ0n) is 15.4. The second-order valence-electron chi connectivity index (χ2n) is 6.73. The monoisotopic (exact) mass is 336 g/mol. The number of alkyl carbamates (subject to hydrolysis) is 1. The average Bonchev–Trinajstić information content (AvgIpc) is 2.41. The molecule has 0 heterocycles. The van der Waals surface area contributed by atoms with Crippen molar-refractivity contribution in [2.75, 3.05) is 18.0 Å². The van der Waals surface area contributed by atoms with Crippen LogP contribution in [0.1, 0.15) is 41.5 Å². The Labute approximate surface area is 144 Å². The van der Waals surface area contributed by atoms with Crippen LogP contribution in [0.25, 0.3) is 0 Å². The van der Waals surface area contributed by atoms with Gasteiger partial charge in [0.2, 0.25) is 5.91 Å². The largest absolute Gasteiger partial charge is 0.489 e. The number of para-hydroxylation sites is 2. The van der Waals surface area contributed by atoms with E-state index in [9.17, 15) is 9.59 Å². The van der Waals surface area contributed by atoms with E-state index in [0.717, 1.165) is 0 Å². The number of hydrogen-bond donors (Lipinski definition) is 1. The lowest BCUT2D eigenvalue weighted by Gasteiger charge is -2.25. The number of nitrogens with zero attached hydrogens (tertiary/aromatic N) is 1. The molecule has 24 heavy (non-hydrogen) atoms. The Morgan fingerprint density at radius 2 is 1.83 bits per heavy atom. The van der Waals surface area contributed by atoms with Crippen molar-refractivity contribution in [3.8, 4) is 5.75 Å². The molecule has 0 bridgehead atoms. The first-order chi connectivity index (χ1) is 11.1. The summed E-state index contributed by atoms with van der Waals surface area (Å²) >= 11 is 0. The third-order valence-corrected chi connectivity index (χ3v) is 2.90. The SMILES string of the molecule is CC(=O)N(CCNC(=O)OC(C)(C)C)c1ccccc1OC(C)C. The molecule has 1 aromatic rings. The molecule has 0 fully saturated rings. The van der Waals surface area contributed by atoms with E-state index >= 15 is 0 Å². The first-order valence-corrected chi connectivity index (χ1v) is 8.11. The molecule has 0 unspecified atom stereocenters. The first kappa shape index (κ1) is 19.8. The normalized spacial score (nSPS) is 11.1. The van der Waals surface area contributed by atoms with Crippen LogP contribution in [-0.4, -0.2) is 36.8 Å². The lowest BCUT2D eigenvalue weighted by Crippen LogP contribution is -2.39. The topological polar surface area (TPSA) is 67.9 Å². The van der Waals surface area contributed by atoms with Gasteiger partial charge in [-0.15, -0.1) is 0 Å². The van der Waals surface area contributed by atoms with Gasteiger partial charge >= 0.3 is 6.09 Å². The molecule has 0 aliphatic rings. The number of benzene rings is 1. The summed E-state index contributed by atoms with van der Waals surface area (Å²) in [5, 5.41) is 2.66. The Balaban J connectivity index is 2.75. The van der Waals surface area contributed by atoms with E-state index in [4.69, 9.17) is 9.47 Å². The molecule has 1 aromatic carbocycles. The van der Waals surface area contributed by atoms with Gasteiger partial charge in [-0.1, -0.05) is 12.1 Å². The number of carbonyl (C=O) groups excluding carboxylic acids is 2. The summed E-state index contributed by atoms with van der Waals surface area (Å²) in [6, 6.07) is 7.36. The minimum Gasteiger partial charge on any atom is -0.489 e. The molecule has 6 nitrogen and oxygen atoms in total. The molecule has 0 spiro atoms. The Kier molecular flexibility index (Phi) is 7.07. The summed E-state index contributed by atoms with van der Waals surface area (Å²) in [7, 11) is 0. The van der Waals surface area contributed by atoms with Crippen molar-refractivity contribution in [1.82, 2.24) is 5.32 Å². The van der Waals surface area contributed by atoms with Crippen molar-refractivity contribution >= 4 is 17.7 Å². The minimum atomic E-state index is -0.554. The van der Waals surface area contributed by atoms with Crippen molar-refractivity contribution in [3.63, 3.8) is 0 Å². The van der Waals surface area contributed by atoms with Gasteiger partial charge < -0.3 is 19.7 Å². The van der Waals surface area contributed by atoms with Crippen LogP contribution < -0.4 is 15.0 Å². The quantitative estimate of drug-likeness (QED) is 0.865. The molecule has 0 aliphatic carbocycles. The van der Waals surface area contributed by atoms with E-state index in [2.05, 4.69) is 5.32 Å². The molecule has 0 atom stereocenters. The van der Waals surface area contributed by atoms with E-state index in [-0.39, 0.29) is 18.6 Å². The number of hydrogen-bond acceptors (Lipinski definition) is 4. The predicted molar refractivity (Wildman–Crippen MR) is 94.5 cm³/mol. The lowest BCUT2D eigenvalue weighted by atomic mass is 10.2. The van der Waals surface area contributed by atoms with Gasteiger partial charge in [0.1, 0.15) is 11.4 Å². The highest BCUT2D eigenvalue weighted by molar-refractivity contribution is 5.93. The van der Waals surface area contributed by atoms with Crippen LogP contribution in [0.5, 0.6) is 5.75 Å². The number of carbonyl (C=O) groups is 2. The third-order valence-electron chi connectivity index (χ3n) is 2.90. The Bertz CT molecular complexity index is 564. The predicted octanol–water partition coefficient (Wildman–Crippen LogP) is 3.35. The van der Waals surface area contributed by atoms with Crippen molar-refractivity contribution in [2.24, 2.45) is 0 Å². The smallest absolute Gasteiger partial charge is 0.407 e. The van der Waals surface area contributed by atoms with Crippen molar-refractivity contribution < 1.29 is 19.1 Å². The minimum absolute atomic E-state index is 0.000142. The fourth-order valence-corrected chi connectivity index (χ4v) is 2.07. The summed E-state index contributed by atoms with van der Waals surface area (Å²) in [5.41, 5.74) is 0.131. The summed E-state index contributed by atoms with van der Waals surface area (Å²) in [6.45, 7) is 11.4. The fourth-order valence-electron chi connectivity index (χ4n) is 2.07. The molecule has 0 saturated carbocycles. The van der Waals surface area contributed by atoms with Gasteiger partial charge in [-0.05, 0) is 46.8 Å². The molecule has 134 valence electrons. The zero-order chi connectivity index (χ0) is 18.3. The van der Waals surface area contributed by atoms with Crippen LogP contribution in [0.3, 0.4) is 0 Å². The zero-order valence-corrected chi connectivity index (χ0v) is 15.4. The van der Waals surface area contributed by atoms with Crippen LogP contribution in [-0.2, 0) is 9.53 Å². The van der Waals surface area contributed by atoms with Gasteiger partial charge in [0.15, 0.2) is 0 Å². The van der Waals surface area contributed by atoms with Gasteiger partial charge in [-0.25, -0.2) is 4.79 Å². The van der Waals surface area contributed by atoms with Crippen LogP contribution in [0.15, 0.2) is 24.3 Å². The molecule has 2 amide bonds. The van der Waals surface area contributed by atoms with Crippen LogP contribution in [0.4, 0.5) is 10.5 Å². The van der Waals surface area contributed by atoms with Crippen LogP contribution >= 0.6 is 0 Å². The van der Waals surface area contributed by atoms with Crippen LogP contribution in [0.2, 0.25) is 0 Å². The highest BCUT2D eigenvalue weighted by Crippen LogP contribution is 2.28. The van der Waals surface area contributed by atoms with Crippen molar-refractivity contribution in [2.45, 2.75) is 53.2 Å². The van der Waals surface area contributed by atoms with Crippen molar-refractivity contribution in [1.29, 1.82) is 0 Å². The Morgan fingerprint density at radius 1 is 1.21 bits per heavy atom. The van der Waals surface area contributed by atoms with E-state index in [1.807, 2.05) is 38.1 Å². The Morgan fingerprint density at radius 3 is 2.38 bits per heavy atom. The van der Waals surface area contributed by atoms with Gasteiger partial charge in [-0.3, -0.25) is 4.79 Å². The average molecular weight is 336 g/mol. The number of anilines is 1. The molecule has 1 rings (SSSR count). The molecule has 0 saturated heterocycles. The Hall–Kier alpha value is -2.24. The maximum Gasteiger partial charge on any atom is 0.407 e. The standard InChI is InChI=1S/C18H28N2O4/c1-13(2)23-16-10-8-7-9-15(16)20(14(3)21)12-11-19-17(22)24-18(4,5)6/h7-10,13H,11-12H2,1-6H3,(H,19,22). The number of ether oxygens (including phenoxy) is 2. The van der Waals surface area contributed by atoms with Gasteiger partial charge in [0, 0.05) is 20.0 Å². The fraction of sp³-hybridized carbons (Fsp3) is 0.556. The summed E-state index contributed by atoms with van der Waals surface area (Å²) in [5.74, 6) is 0.515. The maximum atomic E-state index is 12.0. The highest BCUT2D eigenvalue weighted by atomic mass is 16.6. The van der Waals surface area contributed by atoms with E-state index < -0.39 is 11.7 Å². The summed E-state index contributed by atoms with van der Waals surface area (Å²) in [4.78, 5) is 25.3. The van der Waals surface area contributed by atoms with Gasteiger partial charge in [-0.2, -0.15) is 0 Å². The van der Waals surface area contributed by atoms with E-state index in [0.29, 0.717) is 18.0 Å². The molecular formula is C18H28N2O4. The van der Waals surface area contributed by atoms with Gasteiger partial charge in [0.25, 0.3) is 0 Å². The molecular weight excluding hydrogens is 308 g/mol. The number of rotatable bonds is 6. The molecule has 6 heteroatoms. The van der Waals surface area contributed by atoms with E-state index in [1.165, 1.54) is 6.92 Å². The molecule has 0 radical (unpaired) electrons. The summed E-state index contributed by atoms with van der Waals surface area (Å²) < 4.78 is 10.9. The lowest BCUT2D eigenvalue weighted by molar-refractivity contribution is -0.116. The maximum absolute atomic E-state index is 12.0. The summed E-state index contributed by atoms with van der Waals surface area (Å²) in [6.07, 6.45) is -0.502. The van der Waals surface area contributed by atoms with Gasteiger partial charge in [0.05, 0.1) is 11.8 Å². The first-order valence-electron chi connectivity index (χ1n) is 8.11. The highest BCUT2D eigenvalue weighted by Gasteiger charge is 2.19. The number of amides is 2. The second-order valence-corrected chi connectivity index (χ2v) is 6.73. The number of nitrogens with one attached hydrogen (secondary N) is 1. The van der Waals surface area contributed by atoms with Crippen molar-refractivity contribution in [3.05, 3.63) is 24.3 Å². The third kappa shape index (κ3) is 6.89. The van der Waals surface area contributed by atoms with Crippen LogP contribution in [0, 0.1) is 0 Å².